The molecular formula is C13H16FNO2. The molecule has 0 spiro atoms. The molecule has 0 aliphatic heterocycles. The summed E-state index contributed by atoms with van der Waals surface area (Å²) in [6.45, 7) is 3.85. The van der Waals surface area contributed by atoms with E-state index in [1.165, 1.54) is 6.07 Å². The molecule has 0 fully saturated rings. The quantitative estimate of drug-likeness (QED) is 0.774. The predicted molar refractivity (Wildman–Crippen MR) is 65.6 cm³/mol. The zero-order valence-corrected chi connectivity index (χ0v) is 9.96. The predicted octanol–water partition coefficient (Wildman–Crippen LogP) is 2.97. The molecule has 17 heavy (non-hydrogen) atoms. The Hall–Kier alpha value is -1.84. The van der Waals surface area contributed by atoms with Gasteiger partial charge in [-0.3, -0.25) is 0 Å². The lowest BCUT2D eigenvalue weighted by molar-refractivity contribution is -0.132. The van der Waals surface area contributed by atoms with E-state index in [1.54, 1.807) is 32.1 Å². The summed E-state index contributed by atoms with van der Waals surface area (Å²) in [5.41, 5.74) is 1.58. The van der Waals surface area contributed by atoms with E-state index in [4.69, 9.17) is 5.11 Å². The van der Waals surface area contributed by atoms with Crippen molar-refractivity contribution in [3.63, 3.8) is 0 Å². The number of hydrogen-bond donors (Lipinski definition) is 2. The van der Waals surface area contributed by atoms with Gasteiger partial charge in [-0.25, -0.2) is 9.18 Å². The molecule has 0 aliphatic rings. The Bertz CT molecular complexity index is 441. The van der Waals surface area contributed by atoms with Crippen molar-refractivity contribution in [1.82, 2.24) is 0 Å². The van der Waals surface area contributed by atoms with Crippen molar-refractivity contribution in [2.75, 3.05) is 11.9 Å². The van der Waals surface area contributed by atoms with Crippen LogP contribution in [0.1, 0.15) is 18.9 Å². The Labute approximate surface area is 100.0 Å². The minimum Gasteiger partial charge on any atom is -0.478 e. The molecule has 2 N–H and O–H groups in total. The molecule has 0 radical (unpaired) electrons. The van der Waals surface area contributed by atoms with Crippen molar-refractivity contribution in [1.29, 1.82) is 0 Å². The average Bonchev–Trinajstić information content (AvgIpc) is 2.28. The van der Waals surface area contributed by atoms with Crippen LogP contribution in [0.15, 0.2) is 29.8 Å². The largest absolute Gasteiger partial charge is 0.478 e. The fourth-order valence-electron chi connectivity index (χ4n) is 1.38. The first-order valence-electron chi connectivity index (χ1n) is 5.47. The number of carboxylic acids is 1. The van der Waals surface area contributed by atoms with Crippen LogP contribution in [-0.4, -0.2) is 17.6 Å². The van der Waals surface area contributed by atoms with Crippen LogP contribution in [0.5, 0.6) is 0 Å². The zero-order valence-electron chi connectivity index (χ0n) is 9.96. The van der Waals surface area contributed by atoms with Gasteiger partial charge >= 0.3 is 5.97 Å². The first kappa shape index (κ1) is 13.2. The summed E-state index contributed by atoms with van der Waals surface area (Å²) >= 11 is 0. The number of carboxylic acid groups (broad SMARTS) is 1. The summed E-state index contributed by atoms with van der Waals surface area (Å²) in [4.78, 5) is 10.7. The number of aryl methyl sites for hydroxylation is 1. The SMILES string of the molecule is CC/C(=C/CNc1ccc(C)c(F)c1)C(=O)O. The van der Waals surface area contributed by atoms with Crippen LogP contribution < -0.4 is 5.32 Å². The Kier molecular flexibility index (Phi) is 4.69. The standard InChI is InChI=1S/C13H16FNO2/c1-3-10(13(16)17)6-7-15-11-5-4-9(2)12(14)8-11/h4-6,8,15H,3,7H2,1-2H3,(H,16,17)/b10-6-. The van der Waals surface area contributed by atoms with Crippen molar-refractivity contribution in [2.45, 2.75) is 20.3 Å². The molecule has 1 aromatic rings. The first-order valence-corrected chi connectivity index (χ1v) is 5.47. The van der Waals surface area contributed by atoms with Gasteiger partial charge in [-0.2, -0.15) is 0 Å². The van der Waals surface area contributed by atoms with Crippen molar-refractivity contribution < 1.29 is 14.3 Å². The lowest BCUT2D eigenvalue weighted by Crippen LogP contribution is -2.05. The van der Waals surface area contributed by atoms with E-state index in [1.807, 2.05) is 0 Å². The number of benzene rings is 1. The highest BCUT2D eigenvalue weighted by molar-refractivity contribution is 5.86. The van der Waals surface area contributed by atoms with E-state index in [-0.39, 0.29) is 5.82 Å². The van der Waals surface area contributed by atoms with Crippen LogP contribution in [-0.2, 0) is 4.79 Å². The molecule has 0 amide bonds. The van der Waals surface area contributed by atoms with Gasteiger partial charge in [0.05, 0.1) is 0 Å². The van der Waals surface area contributed by atoms with Gasteiger partial charge in [0.1, 0.15) is 5.82 Å². The van der Waals surface area contributed by atoms with E-state index in [0.717, 1.165) is 0 Å². The van der Waals surface area contributed by atoms with Gasteiger partial charge in [-0.15, -0.1) is 0 Å². The van der Waals surface area contributed by atoms with Gasteiger partial charge in [-0.1, -0.05) is 19.1 Å². The smallest absolute Gasteiger partial charge is 0.331 e. The van der Waals surface area contributed by atoms with E-state index >= 15 is 0 Å². The fraction of sp³-hybridized carbons (Fsp3) is 0.308. The zero-order chi connectivity index (χ0) is 12.8. The monoisotopic (exact) mass is 237 g/mol. The van der Waals surface area contributed by atoms with E-state index < -0.39 is 5.97 Å². The number of aliphatic carboxylic acids is 1. The summed E-state index contributed by atoms with van der Waals surface area (Å²) < 4.78 is 13.2. The summed E-state index contributed by atoms with van der Waals surface area (Å²) in [5.74, 6) is -1.18. The highest BCUT2D eigenvalue weighted by Crippen LogP contribution is 2.13. The van der Waals surface area contributed by atoms with Crippen molar-refractivity contribution in [2.24, 2.45) is 0 Å². The Morgan fingerprint density at radius 2 is 2.24 bits per heavy atom. The van der Waals surface area contributed by atoms with E-state index in [0.29, 0.717) is 29.8 Å². The van der Waals surface area contributed by atoms with Crippen LogP contribution in [0.2, 0.25) is 0 Å². The van der Waals surface area contributed by atoms with Crippen LogP contribution in [0, 0.1) is 12.7 Å². The molecule has 3 nitrogen and oxygen atoms in total. The average molecular weight is 237 g/mol. The number of nitrogens with one attached hydrogen (secondary N) is 1. The van der Waals surface area contributed by atoms with Crippen LogP contribution in [0.3, 0.4) is 0 Å². The number of anilines is 1. The van der Waals surface area contributed by atoms with Gasteiger partial charge in [-0.05, 0) is 31.0 Å². The molecule has 0 bridgehead atoms. The van der Waals surface area contributed by atoms with Crippen LogP contribution in [0.4, 0.5) is 10.1 Å². The topological polar surface area (TPSA) is 49.3 Å². The maximum Gasteiger partial charge on any atom is 0.331 e. The molecule has 0 saturated carbocycles. The molecular weight excluding hydrogens is 221 g/mol. The van der Waals surface area contributed by atoms with E-state index in [9.17, 15) is 9.18 Å². The lowest BCUT2D eigenvalue weighted by atomic mass is 10.2. The second-order valence-electron chi connectivity index (χ2n) is 3.73. The molecule has 4 heteroatoms. The molecule has 1 aromatic carbocycles. The maximum atomic E-state index is 13.2. The number of rotatable bonds is 5. The third-order valence-electron chi connectivity index (χ3n) is 2.48. The normalized spacial score (nSPS) is 11.4. The van der Waals surface area contributed by atoms with Gasteiger partial charge in [0.25, 0.3) is 0 Å². The molecule has 92 valence electrons. The van der Waals surface area contributed by atoms with Gasteiger partial charge < -0.3 is 10.4 Å². The molecule has 0 aliphatic carbocycles. The minimum absolute atomic E-state index is 0.270. The highest BCUT2D eigenvalue weighted by atomic mass is 19.1. The third kappa shape index (κ3) is 3.90. The summed E-state index contributed by atoms with van der Waals surface area (Å²) in [7, 11) is 0. The third-order valence-corrected chi connectivity index (χ3v) is 2.48. The van der Waals surface area contributed by atoms with Crippen LogP contribution in [0.25, 0.3) is 0 Å². The van der Waals surface area contributed by atoms with Gasteiger partial charge in [0.15, 0.2) is 0 Å². The summed E-state index contributed by atoms with van der Waals surface area (Å²) in [6, 6.07) is 4.84. The molecule has 0 heterocycles. The van der Waals surface area contributed by atoms with Crippen LogP contribution >= 0.6 is 0 Å². The molecule has 0 atom stereocenters. The van der Waals surface area contributed by atoms with E-state index in [2.05, 4.69) is 5.32 Å². The number of halogens is 1. The second kappa shape index (κ2) is 6.03. The summed E-state index contributed by atoms with van der Waals surface area (Å²) in [6.07, 6.45) is 2.07. The molecule has 0 saturated heterocycles. The van der Waals surface area contributed by atoms with Gasteiger partial charge in [0.2, 0.25) is 0 Å². The Morgan fingerprint density at radius 1 is 1.53 bits per heavy atom. The molecule has 0 unspecified atom stereocenters. The number of hydrogen-bond acceptors (Lipinski definition) is 2. The second-order valence-corrected chi connectivity index (χ2v) is 3.73. The number of carbonyl (C=O) groups is 1. The maximum absolute atomic E-state index is 13.2. The first-order chi connectivity index (χ1) is 8.04. The highest BCUT2D eigenvalue weighted by Gasteiger charge is 2.03. The molecule has 1 rings (SSSR count). The fourth-order valence-corrected chi connectivity index (χ4v) is 1.38. The Balaban J connectivity index is 2.61. The van der Waals surface area contributed by atoms with Crippen molar-refractivity contribution in [3.05, 3.63) is 41.2 Å². The lowest BCUT2D eigenvalue weighted by Gasteiger charge is -2.05. The Morgan fingerprint density at radius 3 is 2.76 bits per heavy atom. The van der Waals surface area contributed by atoms with Crippen molar-refractivity contribution in [3.8, 4) is 0 Å². The van der Waals surface area contributed by atoms with Gasteiger partial charge in [0, 0.05) is 17.8 Å². The molecule has 0 aromatic heterocycles. The van der Waals surface area contributed by atoms with Crippen molar-refractivity contribution >= 4 is 11.7 Å². The minimum atomic E-state index is -0.913. The summed E-state index contributed by atoms with van der Waals surface area (Å²) in [5, 5.41) is 11.7.